The normalized spacial score (nSPS) is 24.9. The van der Waals surface area contributed by atoms with Crippen LogP contribution in [0.5, 0.6) is 0 Å². The lowest BCUT2D eigenvalue weighted by Gasteiger charge is -2.50. The summed E-state index contributed by atoms with van der Waals surface area (Å²) in [6.07, 6.45) is 0.756. The number of nitrogens with zero attached hydrogens (tertiary/aromatic N) is 1. The minimum absolute atomic E-state index is 0.0712. The molecule has 4 atom stereocenters. The minimum atomic E-state index is -0.219. The van der Waals surface area contributed by atoms with Crippen LogP contribution in [0.4, 0.5) is 0 Å². The van der Waals surface area contributed by atoms with Crippen molar-refractivity contribution in [3.05, 3.63) is 35.9 Å². The highest BCUT2D eigenvalue weighted by Crippen LogP contribution is 2.36. The van der Waals surface area contributed by atoms with Crippen molar-refractivity contribution in [3.63, 3.8) is 0 Å². The highest BCUT2D eigenvalue weighted by atomic mass is 16.5. The number of rotatable bonds is 6. The van der Waals surface area contributed by atoms with Gasteiger partial charge in [-0.1, -0.05) is 37.3 Å². The standard InChI is InChI=1S/C16H21NO3/c1-11(10-18)15-14(12(2)20-3)16(19)17(15)9-13-7-5-4-6-8-13/h4-8,10-12,14-15H,9H2,1-3H3/t11-,12+,14+,15+/m0/s1. The number of benzene rings is 1. The van der Waals surface area contributed by atoms with Crippen LogP contribution in [-0.2, 0) is 20.9 Å². The Kier molecular flexibility index (Phi) is 4.55. The maximum Gasteiger partial charge on any atom is 0.231 e. The zero-order valence-corrected chi connectivity index (χ0v) is 12.2. The number of carbonyl (C=O) groups is 2. The fourth-order valence-corrected chi connectivity index (χ4v) is 2.88. The summed E-state index contributed by atoms with van der Waals surface area (Å²) < 4.78 is 5.28. The number of likely N-dealkylation sites (tertiary alicyclic amines) is 1. The molecule has 0 N–H and O–H groups in total. The minimum Gasteiger partial charge on any atom is -0.381 e. The number of methoxy groups -OCH3 is 1. The molecular formula is C16H21NO3. The maximum atomic E-state index is 12.3. The molecule has 0 saturated carbocycles. The lowest BCUT2D eigenvalue weighted by Crippen LogP contribution is -2.66. The highest BCUT2D eigenvalue weighted by Gasteiger charge is 2.52. The van der Waals surface area contributed by atoms with Gasteiger partial charge >= 0.3 is 0 Å². The maximum absolute atomic E-state index is 12.3. The molecule has 0 unspecified atom stereocenters. The predicted molar refractivity (Wildman–Crippen MR) is 76.0 cm³/mol. The number of carbonyl (C=O) groups excluding carboxylic acids is 2. The average molecular weight is 275 g/mol. The van der Waals surface area contributed by atoms with Crippen molar-refractivity contribution >= 4 is 12.2 Å². The molecule has 2 rings (SSSR count). The van der Waals surface area contributed by atoms with E-state index in [-0.39, 0.29) is 29.9 Å². The van der Waals surface area contributed by atoms with E-state index in [1.165, 1.54) is 0 Å². The van der Waals surface area contributed by atoms with E-state index in [9.17, 15) is 9.59 Å². The summed E-state index contributed by atoms with van der Waals surface area (Å²) in [7, 11) is 1.60. The molecule has 20 heavy (non-hydrogen) atoms. The van der Waals surface area contributed by atoms with Crippen molar-refractivity contribution in [2.24, 2.45) is 11.8 Å². The van der Waals surface area contributed by atoms with Crippen LogP contribution in [0.1, 0.15) is 19.4 Å². The largest absolute Gasteiger partial charge is 0.381 e. The molecule has 108 valence electrons. The van der Waals surface area contributed by atoms with Crippen molar-refractivity contribution in [3.8, 4) is 0 Å². The molecule has 1 amide bonds. The summed E-state index contributed by atoms with van der Waals surface area (Å²) >= 11 is 0. The molecule has 4 nitrogen and oxygen atoms in total. The molecule has 1 fully saturated rings. The van der Waals surface area contributed by atoms with Gasteiger partial charge in [-0.15, -0.1) is 0 Å². The van der Waals surface area contributed by atoms with Crippen LogP contribution in [-0.4, -0.2) is 36.3 Å². The van der Waals surface area contributed by atoms with Crippen molar-refractivity contribution in [1.82, 2.24) is 4.90 Å². The van der Waals surface area contributed by atoms with Gasteiger partial charge in [-0.2, -0.15) is 0 Å². The molecule has 1 heterocycles. The molecule has 1 aromatic rings. The highest BCUT2D eigenvalue weighted by molar-refractivity contribution is 5.87. The van der Waals surface area contributed by atoms with Crippen LogP contribution in [0.25, 0.3) is 0 Å². The molecular weight excluding hydrogens is 254 g/mol. The third-order valence-corrected chi connectivity index (χ3v) is 4.12. The quantitative estimate of drug-likeness (QED) is 0.588. The third kappa shape index (κ3) is 2.61. The van der Waals surface area contributed by atoms with Crippen LogP contribution in [0.2, 0.25) is 0 Å². The Morgan fingerprint density at radius 1 is 1.30 bits per heavy atom. The Hall–Kier alpha value is -1.68. The van der Waals surface area contributed by atoms with Crippen molar-refractivity contribution in [1.29, 1.82) is 0 Å². The van der Waals surface area contributed by atoms with Crippen LogP contribution in [0.3, 0.4) is 0 Å². The van der Waals surface area contributed by atoms with Crippen molar-refractivity contribution in [2.45, 2.75) is 32.5 Å². The van der Waals surface area contributed by atoms with Crippen molar-refractivity contribution < 1.29 is 14.3 Å². The number of hydrogen-bond acceptors (Lipinski definition) is 3. The molecule has 0 spiro atoms. The smallest absolute Gasteiger partial charge is 0.231 e. The van der Waals surface area contributed by atoms with Gasteiger partial charge in [-0.3, -0.25) is 4.79 Å². The average Bonchev–Trinajstić information content (AvgIpc) is 2.49. The fraction of sp³-hybridized carbons (Fsp3) is 0.500. The van der Waals surface area contributed by atoms with Crippen molar-refractivity contribution in [2.75, 3.05) is 7.11 Å². The zero-order valence-electron chi connectivity index (χ0n) is 12.2. The van der Waals surface area contributed by atoms with E-state index in [0.29, 0.717) is 6.54 Å². The summed E-state index contributed by atoms with van der Waals surface area (Å²) in [6, 6.07) is 9.75. The molecule has 4 heteroatoms. The summed E-state index contributed by atoms with van der Waals surface area (Å²) in [5.74, 6) is -0.329. The molecule has 0 aliphatic carbocycles. The second-order valence-corrected chi connectivity index (χ2v) is 5.40. The predicted octanol–water partition coefficient (Wildman–Crippen LogP) is 1.88. The Balaban J connectivity index is 2.16. The van der Waals surface area contributed by atoms with Gasteiger partial charge in [0.2, 0.25) is 5.91 Å². The van der Waals surface area contributed by atoms with Gasteiger partial charge < -0.3 is 14.4 Å². The summed E-state index contributed by atoms with van der Waals surface area (Å²) in [5, 5.41) is 0. The number of amides is 1. The van der Waals surface area contributed by atoms with Gasteiger partial charge in [0.15, 0.2) is 0 Å². The SMILES string of the molecule is CO[C@H](C)[C@H]1C(=O)N(Cc2ccccc2)[C@@H]1[C@@H](C)C=O. The number of aldehydes is 1. The van der Waals surface area contributed by atoms with E-state index in [1.807, 2.05) is 44.2 Å². The number of ether oxygens (including phenoxy) is 1. The van der Waals surface area contributed by atoms with E-state index >= 15 is 0 Å². The van der Waals surface area contributed by atoms with Crippen LogP contribution in [0, 0.1) is 11.8 Å². The molecule has 1 aliphatic rings. The van der Waals surface area contributed by atoms with Gasteiger partial charge in [0, 0.05) is 19.6 Å². The van der Waals surface area contributed by atoms with Gasteiger partial charge in [0.05, 0.1) is 18.1 Å². The van der Waals surface area contributed by atoms with Crippen LogP contribution >= 0.6 is 0 Å². The second kappa shape index (κ2) is 6.18. The molecule has 1 aromatic carbocycles. The Morgan fingerprint density at radius 2 is 1.95 bits per heavy atom. The van der Waals surface area contributed by atoms with E-state index in [0.717, 1.165) is 11.8 Å². The molecule has 0 radical (unpaired) electrons. The fourth-order valence-electron chi connectivity index (χ4n) is 2.88. The monoisotopic (exact) mass is 275 g/mol. The zero-order chi connectivity index (χ0) is 14.7. The van der Waals surface area contributed by atoms with E-state index in [2.05, 4.69) is 0 Å². The summed E-state index contributed by atoms with van der Waals surface area (Å²) in [4.78, 5) is 25.2. The number of hydrogen-bond donors (Lipinski definition) is 0. The molecule has 1 saturated heterocycles. The summed E-state index contributed by atoms with van der Waals surface area (Å²) in [6.45, 7) is 4.29. The van der Waals surface area contributed by atoms with Gasteiger partial charge in [0.25, 0.3) is 0 Å². The first kappa shape index (κ1) is 14.7. The second-order valence-electron chi connectivity index (χ2n) is 5.40. The first-order chi connectivity index (χ1) is 9.60. The number of β-lactam (4-membered cyclic amide) rings is 1. The first-order valence-corrected chi connectivity index (χ1v) is 6.92. The Labute approximate surface area is 119 Å². The lowest BCUT2D eigenvalue weighted by atomic mass is 9.76. The van der Waals surface area contributed by atoms with Crippen LogP contribution < -0.4 is 0 Å². The van der Waals surface area contributed by atoms with E-state index in [1.54, 1.807) is 12.0 Å². The third-order valence-electron chi connectivity index (χ3n) is 4.12. The molecule has 0 aromatic heterocycles. The molecule has 1 aliphatic heterocycles. The summed E-state index contributed by atoms with van der Waals surface area (Å²) in [5.41, 5.74) is 1.08. The Morgan fingerprint density at radius 3 is 2.50 bits per heavy atom. The Bertz CT molecular complexity index is 474. The molecule has 0 bridgehead atoms. The van der Waals surface area contributed by atoms with Gasteiger partial charge in [-0.25, -0.2) is 0 Å². The topological polar surface area (TPSA) is 46.6 Å². The van der Waals surface area contributed by atoms with E-state index < -0.39 is 0 Å². The first-order valence-electron chi connectivity index (χ1n) is 6.92. The lowest BCUT2D eigenvalue weighted by molar-refractivity contribution is -0.171. The van der Waals surface area contributed by atoms with Gasteiger partial charge in [-0.05, 0) is 12.5 Å². The van der Waals surface area contributed by atoms with Gasteiger partial charge in [0.1, 0.15) is 6.29 Å². The van der Waals surface area contributed by atoms with Crippen LogP contribution in [0.15, 0.2) is 30.3 Å². The van der Waals surface area contributed by atoms with E-state index in [4.69, 9.17) is 4.74 Å².